The average Bonchev–Trinajstić information content (AvgIpc) is 1.87. The number of ketones is 1. The van der Waals surface area contributed by atoms with E-state index in [2.05, 4.69) is 10.7 Å². The summed E-state index contributed by atoms with van der Waals surface area (Å²) in [5, 5.41) is 0. The molecule has 0 radical (unpaired) electrons. The van der Waals surface area contributed by atoms with Crippen molar-refractivity contribution in [3.05, 3.63) is 0 Å². The number of carbonyl (C=O) groups is 2. The molecule has 5 heteroatoms. The summed E-state index contributed by atoms with van der Waals surface area (Å²) in [6.07, 6.45) is 0.126. The molecule has 0 fully saturated rings. The Labute approximate surface area is 52.1 Å². The lowest BCUT2D eigenvalue weighted by molar-refractivity contribution is -0.159. The monoisotopic (exact) mass is 132 g/mol. The largest absolute Gasteiger partial charge is 0.394 e. The zero-order chi connectivity index (χ0) is 7.28. The summed E-state index contributed by atoms with van der Waals surface area (Å²) in [6.45, 7) is 1.56. The molecular formula is C4H8N2O3. The van der Waals surface area contributed by atoms with E-state index in [0.29, 0.717) is 0 Å². The smallest absolute Gasteiger partial charge is 0.349 e. The van der Waals surface area contributed by atoms with Crippen LogP contribution in [0.15, 0.2) is 0 Å². The number of hydrazine groups is 1. The first-order chi connectivity index (χ1) is 4.22. The Morgan fingerprint density at radius 2 is 2.22 bits per heavy atom. The zero-order valence-electron chi connectivity index (χ0n) is 5.01. The Morgan fingerprint density at radius 3 is 2.56 bits per heavy atom. The highest BCUT2D eigenvalue weighted by molar-refractivity contribution is 6.33. The van der Waals surface area contributed by atoms with Gasteiger partial charge in [-0.25, -0.2) is 10.6 Å². The van der Waals surface area contributed by atoms with Crippen LogP contribution >= 0.6 is 0 Å². The lowest BCUT2D eigenvalue weighted by Gasteiger charge is -1.95. The standard InChI is InChI=1S/C4H8N2O3/c1-2-3(7)4(8)9-6-5/h6H,2,5H2,1H3. The maximum absolute atomic E-state index is 10.3. The highest BCUT2D eigenvalue weighted by atomic mass is 16.7. The minimum atomic E-state index is -0.958. The van der Waals surface area contributed by atoms with Gasteiger partial charge in [-0.3, -0.25) is 4.79 Å². The van der Waals surface area contributed by atoms with Gasteiger partial charge in [0.05, 0.1) is 0 Å². The molecule has 0 aromatic rings. The SMILES string of the molecule is CCC(=O)C(=O)ONN. The third-order valence-corrected chi connectivity index (χ3v) is 0.700. The number of hydrogen-bond acceptors (Lipinski definition) is 5. The molecule has 0 spiro atoms. The predicted molar refractivity (Wildman–Crippen MR) is 28.7 cm³/mol. The molecular weight excluding hydrogens is 124 g/mol. The Bertz CT molecular complexity index is 123. The van der Waals surface area contributed by atoms with Gasteiger partial charge in [0.25, 0.3) is 0 Å². The summed E-state index contributed by atoms with van der Waals surface area (Å²) < 4.78 is 0. The quantitative estimate of drug-likeness (QED) is 0.289. The van der Waals surface area contributed by atoms with Crippen molar-refractivity contribution in [2.24, 2.45) is 5.84 Å². The fourth-order valence-electron chi connectivity index (χ4n) is 0.255. The van der Waals surface area contributed by atoms with Crippen molar-refractivity contribution in [3.63, 3.8) is 0 Å². The summed E-state index contributed by atoms with van der Waals surface area (Å²) in [4.78, 5) is 24.5. The third-order valence-electron chi connectivity index (χ3n) is 0.700. The maximum atomic E-state index is 10.3. The minimum absolute atomic E-state index is 0.126. The van der Waals surface area contributed by atoms with Crippen molar-refractivity contribution in [3.8, 4) is 0 Å². The van der Waals surface area contributed by atoms with Gasteiger partial charge in [-0.05, 0) is 0 Å². The molecule has 9 heavy (non-hydrogen) atoms. The molecule has 0 aliphatic heterocycles. The second kappa shape index (κ2) is 3.99. The van der Waals surface area contributed by atoms with E-state index >= 15 is 0 Å². The van der Waals surface area contributed by atoms with Gasteiger partial charge in [0.1, 0.15) is 0 Å². The number of nitrogens with one attached hydrogen (secondary N) is 1. The molecule has 0 aliphatic carbocycles. The predicted octanol–water partition coefficient (Wildman–Crippen LogP) is -1.11. The van der Waals surface area contributed by atoms with Crippen molar-refractivity contribution in [1.82, 2.24) is 5.59 Å². The van der Waals surface area contributed by atoms with Crippen molar-refractivity contribution >= 4 is 11.8 Å². The van der Waals surface area contributed by atoms with Crippen molar-refractivity contribution in [2.45, 2.75) is 13.3 Å². The summed E-state index contributed by atoms with van der Waals surface area (Å²) in [7, 11) is 0. The van der Waals surface area contributed by atoms with E-state index in [1.54, 1.807) is 12.5 Å². The number of rotatable bonds is 3. The molecule has 52 valence electrons. The maximum Gasteiger partial charge on any atom is 0.394 e. The number of carbonyl (C=O) groups excluding carboxylic acids is 2. The zero-order valence-corrected chi connectivity index (χ0v) is 5.01. The fourth-order valence-corrected chi connectivity index (χ4v) is 0.255. The fraction of sp³-hybridized carbons (Fsp3) is 0.500. The Hall–Kier alpha value is -0.940. The van der Waals surface area contributed by atoms with Gasteiger partial charge in [0.2, 0.25) is 5.78 Å². The summed E-state index contributed by atoms with van der Waals surface area (Å²) in [6, 6.07) is 0. The molecule has 0 saturated carbocycles. The second-order valence-electron chi connectivity index (χ2n) is 1.28. The van der Waals surface area contributed by atoms with Crippen LogP contribution in [0.2, 0.25) is 0 Å². The van der Waals surface area contributed by atoms with E-state index in [0.717, 1.165) is 0 Å². The summed E-state index contributed by atoms with van der Waals surface area (Å²) >= 11 is 0. The van der Waals surface area contributed by atoms with Crippen LogP contribution in [0.3, 0.4) is 0 Å². The summed E-state index contributed by atoms with van der Waals surface area (Å²) in [5.74, 6) is 3.01. The molecule has 0 aromatic heterocycles. The van der Waals surface area contributed by atoms with E-state index in [4.69, 9.17) is 0 Å². The average molecular weight is 132 g/mol. The molecule has 0 heterocycles. The Balaban J connectivity index is 3.60. The van der Waals surface area contributed by atoms with Crippen LogP contribution in [0.4, 0.5) is 0 Å². The number of Topliss-reactive ketones (excluding diaryl/α,β-unsaturated/α-hetero) is 1. The van der Waals surface area contributed by atoms with Gasteiger partial charge < -0.3 is 4.84 Å². The molecule has 5 nitrogen and oxygen atoms in total. The lowest BCUT2D eigenvalue weighted by Crippen LogP contribution is -2.30. The molecule has 0 atom stereocenters. The van der Waals surface area contributed by atoms with Crippen molar-refractivity contribution in [2.75, 3.05) is 0 Å². The molecule has 0 amide bonds. The van der Waals surface area contributed by atoms with E-state index in [-0.39, 0.29) is 6.42 Å². The third kappa shape index (κ3) is 2.78. The van der Waals surface area contributed by atoms with Crippen LogP contribution < -0.4 is 11.4 Å². The van der Waals surface area contributed by atoms with E-state index in [9.17, 15) is 9.59 Å². The molecule has 0 saturated heterocycles. The molecule has 0 aromatic carbocycles. The first-order valence-electron chi connectivity index (χ1n) is 2.42. The first kappa shape index (κ1) is 8.06. The van der Waals surface area contributed by atoms with E-state index in [1.807, 2.05) is 0 Å². The van der Waals surface area contributed by atoms with Gasteiger partial charge in [-0.2, -0.15) is 0 Å². The van der Waals surface area contributed by atoms with Crippen molar-refractivity contribution < 1.29 is 14.4 Å². The van der Waals surface area contributed by atoms with Crippen molar-refractivity contribution in [1.29, 1.82) is 0 Å². The van der Waals surface area contributed by atoms with Gasteiger partial charge >= 0.3 is 5.97 Å². The first-order valence-corrected chi connectivity index (χ1v) is 2.42. The number of nitrogens with two attached hydrogens (primary N) is 1. The number of hydrogen-bond donors (Lipinski definition) is 2. The summed E-state index contributed by atoms with van der Waals surface area (Å²) in [5.41, 5.74) is 1.61. The van der Waals surface area contributed by atoms with Crippen LogP contribution in [-0.4, -0.2) is 11.8 Å². The second-order valence-corrected chi connectivity index (χ2v) is 1.28. The Morgan fingerprint density at radius 1 is 1.67 bits per heavy atom. The molecule has 0 aliphatic rings. The molecule has 0 unspecified atom stereocenters. The van der Waals surface area contributed by atoms with E-state index in [1.165, 1.54) is 0 Å². The van der Waals surface area contributed by atoms with E-state index < -0.39 is 11.8 Å². The van der Waals surface area contributed by atoms with Gasteiger partial charge in [0, 0.05) is 6.42 Å². The highest BCUT2D eigenvalue weighted by Gasteiger charge is 2.11. The van der Waals surface area contributed by atoms with Crippen LogP contribution in [0, 0.1) is 0 Å². The highest BCUT2D eigenvalue weighted by Crippen LogP contribution is 1.81. The topological polar surface area (TPSA) is 81.4 Å². The lowest BCUT2D eigenvalue weighted by atomic mass is 10.3. The molecule has 3 N–H and O–H groups in total. The molecule has 0 rings (SSSR count). The van der Waals surface area contributed by atoms with Gasteiger partial charge in [-0.1, -0.05) is 12.5 Å². The van der Waals surface area contributed by atoms with Crippen LogP contribution in [0.25, 0.3) is 0 Å². The van der Waals surface area contributed by atoms with Gasteiger partial charge in [0.15, 0.2) is 0 Å². The minimum Gasteiger partial charge on any atom is -0.349 e. The molecule has 0 bridgehead atoms. The normalized spacial score (nSPS) is 8.67. The van der Waals surface area contributed by atoms with Crippen LogP contribution in [0.5, 0.6) is 0 Å². The Kier molecular flexibility index (Phi) is 3.57. The van der Waals surface area contributed by atoms with Crippen LogP contribution in [0.1, 0.15) is 13.3 Å². The van der Waals surface area contributed by atoms with Gasteiger partial charge in [-0.15, -0.1) is 0 Å². The van der Waals surface area contributed by atoms with Crippen LogP contribution in [-0.2, 0) is 14.4 Å².